The fraction of sp³-hybridized carbons (Fsp3) is 0.350. The number of fused-ring (bicyclic) bond motifs is 2. The van der Waals surface area contributed by atoms with Gasteiger partial charge in [-0.05, 0) is 37.8 Å². The van der Waals surface area contributed by atoms with Crippen molar-refractivity contribution in [3.8, 4) is 0 Å². The minimum atomic E-state index is -0.0704. The number of benzene rings is 1. The molecule has 26 heavy (non-hydrogen) atoms. The molecule has 0 fully saturated rings. The Morgan fingerprint density at radius 3 is 3.04 bits per heavy atom. The summed E-state index contributed by atoms with van der Waals surface area (Å²) in [4.78, 5) is 36.8. The van der Waals surface area contributed by atoms with E-state index in [0.717, 1.165) is 29.6 Å². The van der Waals surface area contributed by atoms with Gasteiger partial charge in [0.25, 0.3) is 5.56 Å². The zero-order chi connectivity index (χ0) is 18.1. The molecule has 3 heterocycles. The van der Waals surface area contributed by atoms with Crippen molar-refractivity contribution in [2.24, 2.45) is 0 Å². The highest BCUT2D eigenvalue weighted by Crippen LogP contribution is 2.20. The summed E-state index contributed by atoms with van der Waals surface area (Å²) in [5.41, 5.74) is 3.77. The number of H-pyrrole nitrogens is 2. The molecule has 1 amide bonds. The van der Waals surface area contributed by atoms with Crippen LogP contribution in [0.4, 0.5) is 0 Å². The Bertz CT molecular complexity index is 1020. The molecule has 0 spiro atoms. The molecule has 0 atom stereocenters. The Morgan fingerprint density at radius 2 is 2.15 bits per heavy atom. The van der Waals surface area contributed by atoms with Gasteiger partial charge in [-0.1, -0.05) is 18.2 Å². The molecule has 0 saturated heterocycles. The number of para-hydroxylation sites is 1. The van der Waals surface area contributed by atoms with Crippen LogP contribution in [0.25, 0.3) is 10.9 Å². The molecular weight excluding hydrogens is 328 g/mol. The van der Waals surface area contributed by atoms with Gasteiger partial charge >= 0.3 is 0 Å². The number of carbonyl (C=O) groups excluding carboxylic acids is 1. The van der Waals surface area contributed by atoms with Gasteiger partial charge in [-0.25, -0.2) is 4.98 Å². The standard InChI is InChI=1S/C20H22N4O2/c1-13-22-18-12-24(10-9-16(18)20(26)23-13)19(25)8-4-5-14-11-21-17-7-3-2-6-15(14)17/h2-3,6-7,11,21H,4-5,8-10,12H2,1H3,(H,22,23,26). The van der Waals surface area contributed by atoms with Crippen molar-refractivity contribution in [3.63, 3.8) is 0 Å². The average Bonchev–Trinajstić information content (AvgIpc) is 3.04. The first-order chi connectivity index (χ1) is 12.6. The van der Waals surface area contributed by atoms with Gasteiger partial charge in [-0.15, -0.1) is 0 Å². The zero-order valence-electron chi connectivity index (χ0n) is 14.8. The molecular formula is C20H22N4O2. The van der Waals surface area contributed by atoms with Crippen molar-refractivity contribution in [2.75, 3.05) is 6.54 Å². The van der Waals surface area contributed by atoms with Crippen LogP contribution in [0, 0.1) is 6.92 Å². The van der Waals surface area contributed by atoms with Gasteiger partial charge in [0.2, 0.25) is 5.91 Å². The van der Waals surface area contributed by atoms with Gasteiger partial charge in [0.15, 0.2) is 0 Å². The van der Waals surface area contributed by atoms with Gasteiger partial charge in [0, 0.05) is 35.6 Å². The molecule has 0 saturated carbocycles. The average molecular weight is 350 g/mol. The van der Waals surface area contributed by atoms with Crippen LogP contribution in [0.5, 0.6) is 0 Å². The molecule has 6 heteroatoms. The van der Waals surface area contributed by atoms with Crippen LogP contribution in [0.2, 0.25) is 0 Å². The zero-order valence-corrected chi connectivity index (χ0v) is 14.8. The lowest BCUT2D eigenvalue weighted by atomic mass is 10.0. The second-order valence-corrected chi connectivity index (χ2v) is 6.85. The Morgan fingerprint density at radius 1 is 1.31 bits per heavy atom. The van der Waals surface area contributed by atoms with Crippen molar-refractivity contribution in [3.05, 3.63) is 63.5 Å². The summed E-state index contributed by atoms with van der Waals surface area (Å²) >= 11 is 0. The smallest absolute Gasteiger partial charge is 0.254 e. The summed E-state index contributed by atoms with van der Waals surface area (Å²) in [6.07, 6.45) is 4.80. The van der Waals surface area contributed by atoms with E-state index in [0.29, 0.717) is 31.8 Å². The Hall–Kier alpha value is -2.89. The van der Waals surface area contributed by atoms with Crippen molar-refractivity contribution in [1.82, 2.24) is 19.9 Å². The van der Waals surface area contributed by atoms with E-state index in [2.05, 4.69) is 27.1 Å². The van der Waals surface area contributed by atoms with Crippen LogP contribution in [0.15, 0.2) is 35.3 Å². The lowest BCUT2D eigenvalue weighted by molar-refractivity contribution is -0.132. The highest BCUT2D eigenvalue weighted by molar-refractivity contribution is 5.83. The molecule has 2 aromatic heterocycles. The number of hydrogen-bond donors (Lipinski definition) is 2. The molecule has 4 rings (SSSR count). The van der Waals surface area contributed by atoms with Gasteiger partial charge in [0.05, 0.1) is 12.2 Å². The number of aromatic nitrogens is 3. The maximum absolute atomic E-state index is 12.6. The highest BCUT2D eigenvalue weighted by atomic mass is 16.2. The second kappa shape index (κ2) is 6.78. The summed E-state index contributed by atoms with van der Waals surface area (Å²) < 4.78 is 0. The first kappa shape index (κ1) is 16.6. The number of carbonyl (C=O) groups is 1. The molecule has 2 N–H and O–H groups in total. The number of aromatic amines is 2. The molecule has 6 nitrogen and oxygen atoms in total. The van der Waals surface area contributed by atoms with Crippen LogP contribution in [0.3, 0.4) is 0 Å². The minimum absolute atomic E-state index is 0.0704. The molecule has 0 bridgehead atoms. The summed E-state index contributed by atoms with van der Waals surface area (Å²) in [5, 5.41) is 1.23. The van der Waals surface area contributed by atoms with E-state index in [9.17, 15) is 9.59 Å². The van der Waals surface area contributed by atoms with E-state index in [4.69, 9.17) is 0 Å². The minimum Gasteiger partial charge on any atom is -0.361 e. The highest BCUT2D eigenvalue weighted by Gasteiger charge is 2.23. The molecule has 0 aliphatic carbocycles. The predicted molar refractivity (Wildman–Crippen MR) is 100.0 cm³/mol. The van der Waals surface area contributed by atoms with Crippen molar-refractivity contribution in [2.45, 2.75) is 39.2 Å². The summed E-state index contributed by atoms with van der Waals surface area (Å²) in [7, 11) is 0. The Balaban J connectivity index is 1.37. The lowest BCUT2D eigenvalue weighted by Gasteiger charge is -2.27. The molecule has 0 radical (unpaired) electrons. The van der Waals surface area contributed by atoms with Crippen LogP contribution in [-0.2, 0) is 24.2 Å². The fourth-order valence-corrected chi connectivity index (χ4v) is 3.70. The third-order valence-electron chi connectivity index (χ3n) is 5.06. The van der Waals surface area contributed by atoms with E-state index < -0.39 is 0 Å². The Kier molecular flexibility index (Phi) is 4.32. The predicted octanol–water partition coefficient (Wildman–Crippen LogP) is 2.47. The molecule has 3 aromatic rings. The summed E-state index contributed by atoms with van der Waals surface area (Å²) in [6.45, 7) is 2.79. The largest absolute Gasteiger partial charge is 0.361 e. The summed E-state index contributed by atoms with van der Waals surface area (Å²) in [6, 6.07) is 8.22. The van der Waals surface area contributed by atoms with E-state index in [1.54, 1.807) is 6.92 Å². The van der Waals surface area contributed by atoms with Crippen LogP contribution < -0.4 is 5.56 Å². The van der Waals surface area contributed by atoms with Crippen LogP contribution in [-0.4, -0.2) is 32.3 Å². The molecule has 1 aliphatic rings. The van der Waals surface area contributed by atoms with Crippen molar-refractivity contribution < 1.29 is 4.79 Å². The topological polar surface area (TPSA) is 81.8 Å². The third-order valence-corrected chi connectivity index (χ3v) is 5.06. The quantitative estimate of drug-likeness (QED) is 0.758. The molecule has 0 unspecified atom stereocenters. The van der Waals surface area contributed by atoms with Crippen molar-refractivity contribution in [1.29, 1.82) is 0 Å². The number of aryl methyl sites for hydroxylation is 2. The number of rotatable bonds is 4. The fourth-order valence-electron chi connectivity index (χ4n) is 3.70. The number of nitrogens with zero attached hydrogens (tertiary/aromatic N) is 2. The van der Waals surface area contributed by atoms with Gasteiger partial charge < -0.3 is 14.9 Å². The van der Waals surface area contributed by atoms with Gasteiger partial charge in [-0.2, -0.15) is 0 Å². The molecule has 1 aromatic carbocycles. The normalized spacial score (nSPS) is 13.8. The monoisotopic (exact) mass is 350 g/mol. The maximum atomic E-state index is 12.6. The van der Waals surface area contributed by atoms with E-state index in [1.165, 1.54) is 10.9 Å². The first-order valence-electron chi connectivity index (χ1n) is 9.03. The first-order valence-corrected chi connectivity index (χ1v) is 9.03. The van der Waals surface area contributed by atoms with Gasteiger partial charge in [0.1, 0.15) is 5.82 Å². The van der Waals surface area contributed by atoms with E-state index in [1.807, 2.05) is 23.2 Å². The summed E-state index contributed by atoms with van der Waals surface area (Å²) in [5.74, 6) is 0.734. The molecule has 134 valence electrons. The lowest BCUT2D eigenvalue weighted by Crippen LogP contribution is -2.39. The van der Waals surface area contributed by atoms with E-state index >= 15 is 0 Å². The number of nitrogens with one attached hydrogen (secondary N) is 2. The third kappa shape index (κ3) is 3.14. The Labute approximate surface area is 151 Å². The van der Waals surface area contributed by atoms with E-state index in [-0.39, 0.29) is 11.5 Å². The number of hydrogen-bond acceptors (Lipinski definition) is 3. The maximum Gasteiger partial charge on any atom is 0.254 e. The number of amides is 1. The van der Waals surface area contributed by atoms with Crippen LogP contribution >= 0.6 is 0 Å². The second-order valence-electron chi connectivity index (χ2n) is 6.85. The van der Waals surface area contributed by atoms with Crippen molar-refractivity contribution >= 4 is 16.8 Å². The van der Waals surface area contributed by atoms with Crippen LogP contribution in [0.1, 0.15) is 35.5 Å². The SMILES string of the molecule is Cc1nc2c(c(=O)[nH]1)CCN(C(=O)CCCc1c[nH]c3ccccc13)C2. The molecule has 1 aliphatic heterocycles. The van der Waals surface area contributed by atoms with Gasteiger partial charge in [-0.3, -0.25) is 9.59 Å².